The Hall–Kier alpha value is -1.97. The summed E-state index contributed by atoms with van der Waals surface area (Å²) in [5.41, 5.74) is 2.16. The highest BCUT2D eigenvalue weighted by Crippen LogP contribution is 2.25. The monoisotopic (exact) mass is 187 g/mol. The van der Waals surface area contributed by atoms with E-state index in [1.807, 2.05) is 0 Å². The molecule has 4 nitrogen and oxygen atoms in total. The molecule has 1 aromatic heterocycles. The number of cyclic esters (lactones) is 1. The minimum atomic E-state index is -0.394. The maximum absolute atomic E-state index is 11.3. The lowest BCUT2D eigenvalue weighted by molar-refractivity contribution is 0.0533. The Labute approximate surface area is 79.2 Å². The average molecular weight is 187 g/mol. The Balaban J connectivity index is 2.28. The summed E-state index contributed by atoms with van der Waals surface area (Å²) in [6, 6.07) is 1.56. The fraction of sp³-hybridized carbons (Fsp3) is 0.100. The summed E-state index contributed by atoms with van der Waals surface area (Å²) in [7, 11) is 0. The van der Waals surface area contributed by atoms with Crippen molar-refractivity contribution in [3.63, 3.8) is 0 Å². The summed E-state index contributed by atoms with van der Waals surface area (Å²) < 4.78 is 4.80. The highest BCUT2D eigenvalue weighted by molar-refractivity contribution is 6.14. The smallest absolute Gasteiger partial charge is 0.340 e. The van der Waals surface area contributed by atoms with Gasteiger partial charge in [-0.15, -0.1) is 0 Å². The van der Waals surface area contributed by atoms with Gasteiger partial charge in [0.1, 0.15) is 6.61 Å². The van der Waals surface area contributed by atoms with Crippen molar-refractivity contribution in [2.75, 3.05) is 0 Å². The molecular formula is C10H5NO3. The number of rotatable bonds is 0. The number of nitrogens with zero attached hydrogens (tertiary/aromatic N) is 1. The lowest BCUT2D eigenvalue weighted by Gasteiger charge is -1.98. The van der Waals surface area contributed by atoms with Crippen LogP contribution < -0.4 is 0 Å². The van der Waals surface area contributed by atoms with E-state index < -0.39 is 5.97 Å². The zero-order chi connectivity index (χ0) is 9.71. The number of allylic oxidation sites excluding steroid dienone is 1. The van der Waals surface area contributed by atoms with Gasteiger partial charge in [-0.2, -0.15) is 0 Å². The molecule has 0 N–H and O–H groups in total. The van der Waals surface area contributed by atoms with E-state index in [1.165, 1.54) is 6.08 Å². The van der Waals surface area contributed by atoms with Crippen molar-refractivity contribution in [1.29, 1.82) is 0 Å². The molecule has 0 fully saturated rings. The summed E-state index contributed by atoms with van der Waals surface area (Å²) >= 11 is 0. The van der Waals surface area contributed by atoms with Gasteiger partial charge in [0.2, 0.25) is 0 Å². The summed E-state index contributed by atoms with van der Waals surface area (Å²) in [4.78, 5) is 26.7. The van der Waals surface area contributed by atoms with E-state index in [0.29, 0.717) is 22.5 Å². The van der Waals surface area contributed by atoms with Crippen LogP contribution in [0, 0.1) is 0 Å². The fourth-order valence-corrected chi connectivity index (χ4v) is 1.63. The molecule has 0 bridgehead atoms. The van der Waals surface area contributed by atoms with E-state index in [9.17, 15) is 9.59 Å². The Morgan fingerprint density at radius 2 is 2.07 bits per heavy atom. The fourth-order valence-electron chi connectivity index (χ4n) is 1.63. The van der Waals surface area contributed by atoms with Gasteiger partial charge in [0, 0.05) is 5.56 Å². The van der Waals surface area contributed by atoms with Crippen LogP contribution in [0.4, 0.5) is 0 Å². The number of ketones is 1. The van der Waals surface area contributed by atoms with Gasteiger partial charge in [0.25, 0.3) is 0 Å². The molecule has 2 heterocycles. The van der Waals surface area contributed by atoms with Gasteiger partial charge in [0.15, 0.2) is 5.78 Å². The van der Waals surface area contributed by atoms with E-state index in [-0.39, 0.29) is 12.4 Å². The van der Waals surface area contributed by atoms with Crippen LogP contribution in [0.25, 0.3) is 6.08 Å². The molecule has 0 radical (unpaired) electrons. The first kappa shape index (κ1) is 7.44. The van der Waals surface area contributed by atoms with Crippen LogP contribution in [0.15, 0.2) is 12.1 Å². The molecule has 0 atom stereocenters. The van der Waals surface area contributed by atoms with Gasteiger partial charge in [-0.3, -0.25) is 4.79 Å². The predicted molar refractivity (Wildman–Crippen MR) is 46.7 cm³/mol. The Bertz CT molecular complexity index is 502. The molecule has 0 saturated heterocycles. The molecular weight excluding hydrogens is 182 g/mol. The number of esters is 1. The topological polar surface area (TPSA) is 56.3 Å². The van der Waals surface area contributed by atoms with Crippen LogP contribution in [-0.4, -0.2) is 16.7 Å². The van der Waals surface area contributed by atoms with Gasteiger partial charge in [-0.1, -0.05) is 0 Å². The molecule has 0 spiro atoms. The first-order valence-corrected chi connectivity index (χ1v) is 4.19. The molecule has 0 amide bonds. The zero-order valence-corrected chi connectivity index (χ0v) is 7.11. The van der Waals surface area contributed by atoms with E-state index in [1.54, 1.807) is 12.1 Å². The Kier molecular flexibility index (Phi) is 1.21. The van der Waals surface area contributed by atoms with Crippen molar-refractivity contribution in [2.45, 2.75) is 6.61 Å². The molecule has 4 heteroatoms. The molecule has 1 aliphatic carbocycles. The Morgan fingerprint density at radius 1 is 1.21 bits per heavy atom. The van der Waals surface area contributed by atoms with E-state index in [0.717, 1.165) is 0 Å². The highest BCUT2D eigenvalue weighted by atomic mass is 16.5. The second kappa shape index (κ2) is 2.29. The number of ether oxygens (including phenoxy) is 1. The quantitative estimate of drug-likeness (QED) is 0.567. The molecule has 0 unspecified atom stereocenters. The van der Waals surface area contributed by atoms with Crippen molar-refractivity contribution < 1.29 is 14.3 Å². The van der Waals surface area contributed by atoms with Crippen molar-refractivity contribution in [3.8, 4) is 0 Å². The second-order valence-electron chi connectivity index (χ2n) is 3.19. The number of carbonyl (C=O) groups is 2. The number of hydrogen-bond acceptors (Lipinski definition) is 4. The number of hydrogen-bond donors (Lipinski definition) is 0. The number of fused-ring (bicyclic) bond motifs is 2. The van der Waals surface area contributed by atoms with Gasteiger partial charge >= 0.3 is 5.97 Å². The third-order valence-corrected chi connectivity index (χ3v) is 2.35. The van der Waals surface area contributed by atoms with Gasteiger partial charge in [-0.25, -0.2) is 9.78 Å². The van der Waals surface area contributed by atoms with Crippen LogP contribution in [0.1, 0.15) is 32.1 Å². The SMILES string of the molecule is O=C1C=Cc2nc3c(cc21)C(=O)OC3. The molecule has 0 aromatic carbocycles. The van der Waals surface area contributed by atoms with Crippen LogP contribution >= 0.6 is 0 Å². The lowest BCUT2D eigenvalue weighted by atomic mass is 10.1. The molecule has 1 aromatic rings. The third kappa shape index (κ3) is 0.797. The maximum atomic E-state index is 11.3. The highest BCUT2D eigenvalue weighted by Gasteiger charge is 2.27. The second-order valence-corrected chi connectivity index (χ2v) is 3.19. The minimum Gasteiger partial charge on any atom is -0.456 e. The van der Waals surface area contributed by atoms with Gasteiger partial charge in [-0.05, 0) is 18.2 Å². The van der Waals surface area contributed by atoms with E-state index in [4.69, 9.17) is 4.74 Å². The van der Waals surface area contributed by atoms with Crippen LogP contribution in [0.3, 0.4) is 0 Å². The van der Waals surface area contributed by atoms with E-state index >= 15 is 0 Å². The largest absolute Gasteiger partial charge is 0.456 e. The van der Waals surface area contributed by atoms with Crippen molar-refractivity contribution in [3.05, 3.63) is 34.7 Å². The van der Waals surface area contributed by atoms with Crippen LogP contribution in [-0.2, 0) is 11.3 Å². The van der Waals surface area contributed by atoms with Gasteiger partial charge < -0.3 is 4.74 Å². The third-order valence-electron chi connectivity index (χ3n) is 2.35. The summed E-state index contributed by atoms with van der Waals surface area (Å²) in [5, 5.41) is 0. The summed E-state index contributed by atoms with van der Waals surface area (Å²) in [6.07, 6.45) is 3.11. The maximum Gasteiger partial charge on any atom is 0.340 e. The lowest BCUT2D eigenvalue weighted by Crippen LogP contribution is -2.01. The zero-order valence-electron chi connectivity index (χ0n) is 7.11. The average Bonchev–Trinajstić information content (AvgIpc) is 2.71. The molecule has 14 heavy (non-hydrogen) atoms. The summed E-state index contributed by atoms with van der Waals surface area (Å²) in [6.45, 7) is 0.212. The molecule has 0 saturated carbocycles. The van der Waals surface area contributed by atoms with E-state index in [2.05, 4.69) is 4.98 Å². The predicted octanol–water partition coefficient (Wildman–Crippen LogP) is 0.962. The number of aromatic nitrogens is 1. The molecule has 2 aliphatic rings. The standard InChI is InChI=1S/C10H5NO3/c12-9-2-1-7-5(9)3-6-8(11-7)4-14-10(6)13/h1-3H,4H2. The Morgan fingerprint density at radius 3 is 2.93 bits per heavy atom. The normalized spacial score (nSPS) is 16.9. The number of pyridine rings is 1. The molecule has 1 aliphatic heterocycles. The number of carbonyl (C=O) groups excluding carboxylic acids is 2. The van der Waals surface area contributed by atoms with Crippen LogP contribution in [0.5, 0.6) is 0 Å². The minimum absolute atomic E-state index is 0.102. The van der Waals surface area contributed by atoms with Gasteiger partial charge in [0.05, 0.1) is 17.0 Å². The molecule has 68 valence electrons. The van der Waals surface area contributed by atoms with Crippen LogP contribution in [0.2, 0.25) is 0 Å². The van der Waals surface area contributed by atoms with Crippen molar-refractivity contribution in [1.82, 2.24) is 4.98 Å². The van der Waals surface area contributed by atoms with Crippen molar-refractivity contribution in [2.24, 2.45) is 0 Å². The summed E-state index contributed by atoms with van der Waals surface area (Å²) in [5.74, 6) is -0.495. The first-order chi connectivity index (χ1) is 6.75. The van der Waals surface area contributed by atoms with Crippen molar-refractivity contribution >= 4 is 17.8 Å². The molecule has 3 rings (SSSR count). The first-order valence-electron chi connectivity index (χ1n) is 4.19.